The normalized spacial score (nSPS) is 19.4. The molecule has 156 valence electrons. The fourth-order valence-corrected chi connectivity index (χ4v) is 5.12. The molecule has 2 aliphatic rings. The van der Waals surface area contributed by atoms with Crippen molar-refractivity contribution in [3.05, 3.63) is 63.7 Å². The van der Waals surface area contributed by atoms with Gasteiger partial charge in [0.25, 0.3) is 5.69 Å². The number of aryl methyl sites for hydroxylation is 2. The zero-order valence-electron chi connectivity index (χ0n) is 17.6. The van der Waals surface area contributed by atoms with Crippen LogP contribution < -0.4 is 4.90 Å². The van der Waals surface area contributed by atoms with Gasteiger partial charge in [-0.1, -0.05) is 49.2 Å². The SMILES string of the molecule is CSC1=NC(=Nc2cccc(C)c2)C2(CCCCC2)N1c1cc([N+](=O)[O-])ccc1C. The van der Waals surface area contributed by atoms with Crippen molar-refractivity contribution in [1.29, 1.82) is 0 Å². The molecule has 2 aromatic carbocycles. The molecule has 0 aromatic heterocycles. The van der Waals surface area contributed by atoms with Gasteiger partial charge in [-0.05, 0) is 56.2 Å². The molecule has 1 fully saturated rings. The zero-order chi connectivity index (χ0) is 21.3. The highest BCUT2D eigenvalue weighted by Crippen LogP contribution is 2.45. The maximum atomic E-state index is 11.5. The molecule has 0 radical (unpaired) electrons. The number of benzene rings is 2. The number of non-ortho nitro benzene ring substituents is 1. The number of hydrogen-bond acceptors (Lipinski definition) is 5. The minimum Gasteiger partial charge on any atom is -0.307 e. The second-order valence-corrected chi connectivity index (χ2v) is 8.80. The van der Waals surface area contributed by atoms with E-state index in [4.69, 9.17) is 9.98 Å². The average Bonchev–Trinajstić information content (AvgIpc) is 3.01. The van der Waals surface area contributed by atoms with Gasteiger partial charge in [0.05, 0.1) is 16.3 Å². The summed E-state index contributed by atoms with van der Waals surface area (Å²) in [4.78, 5) is 23.3. The van der Waals surface area contributed by atoms with Gasteiger partial charge in [0.2, 0.25) is 0 Å². The molecule has 1 heterocycles. The van der Waals surface area contributed by atoms with E-state index in [1.807, 2.05) is 31.4 Å². The third kappa shape index (κ3) is 3.62. The van der Waals surface area contributed by atoms with Crippen LogP contribution in [0.3, 0.4) is 0 Å². The highest BCUT2D eigenvalue weighted by atomic mass is 32.2. The summed E-state index contributed by atoms with van der Waals surface area (Å²) in [6.45, 7) is 4.06. The molecular formula is C23H26N4O2S. The fraction of sp³-hybridized carbons (Fsp3) is 0.391. The Morgan fingerprint density at radius 2 is 1.90 bits per heavy atom. The highest BCUT2D eigenvalue weighted by Gasteiger charge is 2.50. The van der Waals surface area contributed by atoms with Crippen molar-refractivity contribution in [3.8, 4) is 0 Å². The van der Waals surface area contributed by atoms with Crippen LogP contribution in [0.25, 0.3) is 0 Å². The van der Waals surface area contributed by atoms with Crippen molar-refractivity contribution in [1.82, 2.24) is 0 Å². The molecule has 6 nitrogen and oxygen atoms in total. The molecule has 1 aliphatic heterocycles. The van der Waals surface area contributed by atoms with Crippen LogP contribution in [0.15, 0.2) is 52.4 Å². The minimum atomic E-state index is -0.361. The fourth-order valence-electron chi connectivity index (χ4n) is 4.48. The van der Waals surface area contributed by atoms with Crippen molar-refractivity contribution in [2.24, 2.45) is 9.98 Å². The Morgan fingerprint density at radius 1 is 1.13 bits per heavy atom. The summed E-state index contributed by atoms with van der Waals surface area (Å²) in [5.74, 6) is 0.822. The molecule has 0 atom stereocenters. The van der Waals surface area contributed by atoms with Crippen LogP contribution in [0.2, 0.25) is 0 Å². The third-order valence-corrected chi connectivity index (χ3v) is 6.62. The molecule has 30 heavy (non-hydrogen) atoms. The number of amidine groups is 2. The molecule has 0 N–H and O–H groups in total. The third-order valence-electron chi connectivity index (χ3n) is 5.98. The van der Waals surface area contributed by atoms with Crippen LogP contribution in [-0.4, -0.2) is 27.7 Å². The molecular weight excluding hydrogens is 396 g/mol. The van der Waals surface area contributed by atoms with Crippen molar-refractivity contribution in [2.45, 2.75) is 51.5 Å². The number of thioether (sulfide) groups is 1. The Bertz CT molecular complexity index is 1040. The Kier molecular flexibility index (Phi) is 5.64. The summed E-state index contributed by atoms with van der Waals surface area (Å²) >= 11 is 1.57. The van der Waals surface area contributed by atoms with Crippen molar-refractivity contribution >= 4 is 39.8 Å². The zero-order valence-corrected chi connectivity index (χ0v) is 18.4. The number of hydrogen-bond donors (Lipinski definition) is 0. The maximum absolute atomic E-state index is 11.5. The molecule has 1 aliphatic carbocycles. The lowest BCUT2D eigenvalue weighted by Gasteiger charge is -2.42. The van der Waals surface area contributed by atoms with Crippen LogP contribution in [0, 0.1) is 24.0 Å². The van der Waals surface area contributed by atoms with E-state index in [-0.39, 0.29) is 16.1 Å². The van der Waals surface area contributed by atoms with Gasteiger partial charge >= 0.3 is 0 Å². The molecule has 4 rings (SSSR count). The van der Waals surface area contributed by atoms with E-state index in [2.05, 4.69) is 24.0 Å². The number of rotatable bonds is 3. The molecule has 0 amide bonds. The van der Waals surface area contributed by atoms with E-state index in [0.29, 0.717) is 0 Å². The van der Waals surface area contributed by atoms with Gasteiger partial charge in [0.1, 0.15) is 5.54 Å². The highest BCUT2D eigenvalue weighted by molar-refractivity contribution is 8.13. The summed E-state index contributed by atoms with van der Waals surface area (Å²) in [5, 5.41) is 12.3. The van der Waals surface area contributed by atoms with Crippen LogP contribution >= 0.6 is 11.8 Å². The summed E-state index contributed by atoms with van der Waals surface area (Å²) in [5.41, 5.74) is 3.66. The van der Waals surface area contributed by atoms with E-state index in [1.165, 1.54) is 6.42 Å². The smallest absolute Gasteiger partial charge is 0.271 e. The maximum Gasteiger partial charge on any atom is 0.271 e. The Hall–Kier alpha value is -2.67. The summed E-state index contributed by atoms with van der Waals surface area (Å²) in [7, 11) is 0. The second-order valence-electron chi connectivity index (χ2n) is 8.03. The summed E-state index contributed by atoms with van der Waals surface area (Å²) in [6.07, 6.45) is 7.25. The van der Waals surface area contributed by atoms with E-state index < -0.39 is 0 Å². The number of aliphatic imine (C=N–C) groups is 2. The summed E-state index contributed by atoms with van der Waals surface area (Å²) < 4.78 is 0. The molecule has 1 saturated carbocycles. The number of nitrogens with zero attached hydrogens (tertiary/aromatic N) is 4. The van der Waals surface area contributed by atoms with E-state index in [9.17, 15) is 10.1 Å². The first-order chi connectivity index (χ1) is 14.4. The Balaban J connectivity index is 1.89. The standard InChI is InChI=1S/C23H26N4O2S/c1-16-8-7-9-18(14-16)24-21-23(12-5-4-6-13-23)26(22(25-21)30-3)20-15-19(27(28)29)11-10-17(20)2/h7-11,14-15H,4-6,12-13H2,1-3H3. The van der Waals surface area contributed by atoms with Crippen molar-refractivity contribution in [3.63, 3.8) is 0 Å². The van der Waals surface area contributed by atoms with Gasteiger partial charge in [-0.3, -0.25) is 10.1 Å². The lowest BCUT2D eigenvalue weighted by Crippen LogP contribution is -2.53. The van der Waals surface area contributed by atoms with Gasteiger partial charge in [0, 0.05) is 12.1 Å². The van der Waals surface area contributed by atoms with Crippen LogP contribution in [0.4, 0.5) is 17.1 Å². The Labute approximate surface area is 181 Å². The molecule has 7 heteroatoms. The average molecular weight is 423 g/mol. The van der Waals surface area contributed by atoms with Gasteiger partial charge in [-0.25, -0.2) is 9.98 Å². The first-order valence-electron chi connectivity index (χ1n) is 10.3. The minimum absolute atomic E-state index is 0.103. The van der Waals surface area contributed by atoms with Crippen molar-refractivity contribution in [2.75, 3.05) is 11.2 Å². The summed E-state index contributed by atoms with van der Waals surface area (Å²) in [6, 6.07) is 13.2. The predicted molar refractivity (Wildman–Crippen MR) is 125 cm³/mol. The van der Waals surface area contributed by atoms with Gasteiger partial charge in [-0.15, -0.1) is 0 Å². The Morgan fingerprint density at radius 3 is 2.57 bits per heavy atom. The van der Waals surface area contributed by atoms with Gasteiger partial charge in [-0.2, -0.15) is 0 Å². The van der Waals surface area contributed by atoms with Crippen LogP contribution in [-0.2, 0) is 0 Å². The lowest BCUT2D eigenvalue weighted by atomic mass is 9.79. The monoisotopic (exact) mass is 422 g/mol. The molecule has 0 saturated heterocycles. The van der Waals surface area contributed by atoms with Crippen LogP contribution in [0.5, 0.6) is 0 Å². The first-order valence-corrected chi connectivity index (χ1v) is 11.5. The largest absolute Gasteiger partial charge is 0.307 e. The predicted octanol–water partition coefficient (Wildman–Crippen LogP) is 6.18. The molecule has 1 spiro atoms. The molecule has 2 aromatic rings. The molecule has 0 bridgehead atoms. The second kappa shape index (κ2) is 8.22. The van der Waals surface area contributed by atoms with Gasteiger partial charge < -0.3 is 4.90 Å². The lowest BCUT2D eigenvalue weighted by molar-refractivity contribution is -0.384. The van der Waals surface area contributed by atoms with Crippen LogP contribution in [0.1, 0.15) is 43.2 Å². The molecule has 0 unspecified atom stereocenters. The first kappa shape index (κ1) is 20.6. The number of nitro groups is 1. The van der Waals surface area contributed by atoms with Gasteiger partial charge in [0.15, 0.2) is 11.0 Å². The van der Waals surface area contributed by atoms with E-state index in [1.54, 1.807) is 23.9 Å². The van der Waals surface area contributed by atoms with E-state index >= 15 is 0 Å². The quantitative estimate of drug-likeness (QED) is 0.437. The van der Waals surface area contributed by atoms with E-state index in [0.717, 1.165) is 59.2 Å². The topological polar surface area (TPSA) is 71.1 Å². The number of nitro benzene ring substituents is 1. The number of anilines is 1. The van der Waals surface area contributed by atoms with Crippen molar-refractivity contribution < 1.29 is 4.92 Å².